The van der Waals surface area contributed by atoms with E-state index in [2.05, 4.69) is 10.2 Å². The van der Waals surface area contributed by atoms with Crippen LogP contribution in [0.2, 0.25) is 5.02 Å². The molecule has 0 N–H and O–H groups in total. The van der Waals surface area contributed by atoms with E-state index in [0.717, 1.165) is 21.7 Å². The molecule has 0 aliphatic rings. The van der Waals surface area contributed by atoms with Crippen LogP contribution in [-0.4, -0.2) is 14.6 Å². The molecular formula is C17H11ClFN3S. The number of halogens is 2. The van der Waals surface area contributed by atoms with Gasteiger partial charge in [-0.2, -0.15) is 0 Å². The van der Waals surface area contributed by atoms with Gasteiger partial charge in [-0.15, -0.1) is 10.2 Å². The van der Waals surface area contributed by atoms with Crippen molar-refractivity contribution in [1.82, 2.24) is 14.6 Å². The molecule has 0 fully saturated rings. The van der Waals surface area contributed by atoms with Gasteiger partial charge in [0.25, 0.3) is 0 Å². The van der Waals surface area contributed by atoms with Crippen LogP contribution in [0.5, 0.6) is 0 Å². The first-order valence-corrected chi connectivity index (χ1v) is 8.39. The molecule has 23 heavy (non-hydrogen) atoms. The Bertz CT molecular complexity index is 995. The number of para-hydroxylation sites is 1. The number of hydrogen-bond acceptors (Lipinski definition) is 3. The van der Waals surface area contributed by atoms with Crippen molar-refractivity contribution in [2.24, 2.45) is 0 Å². The van der Waals surface area contributed by atoms with E-state index < -0.39 is 0 Å². The van der Waals surface area contributed by atoms with Crippen LogP contribution in [0.1, 0.15) is 5.56 Å². The number of hydrogen-bond donors (Lipinski definition) is 0. The summed E-state index contributed by atoms with van der Waals surface area (Å²) in [4.78, 5) is 0. The van der Waals surface area contributed by atoms with Gasteiger partial charge in [-0.3, -0.25) is 4.40 Å². The number of aromatic nitrogens is 3. The average molecular weight is 344 g/mol. The highest BCUT2D eigenvalue weighted by Crippen LogP contribution is 2.29. The molecule has 0 saturated heterocycles. The Kier molecular flexibility index (Phi) is 3.67. The lowest BCUT2D eigenvalue weighted by Gasteiger charge is -2.06. The fourth-order valence-corrected chi connectivity index (χ4v) is 3.81. The topological polar surface area (TPSA) is 30.2 Å². The Labute approximate surface area is 141 Å². The zero-order chi connectivity index (χ0) is 15.8. The van der Waals surface area contributed by atoms with Gasteiger partial charge in [0.1, 0.15) is 5.82 Å². The molecule has 3 nitrogen and oxygen atoms in total. The van der Waals surface area contributed by atoms with E-state index >= 15 is 0 Å². The van der Waals surface area contributed by atoms with Crippen LogP contribution in [0.15, 0.2) is 59.8 Å². The molecule has 4 rings (SSSR count). The summed E-state index contributed by atoms with van der Waals surface area (Å²) in [5.74, 6) is 0.0962. The average Bonchev–Trinajstić information content (AvgIpc) is 2.98. The molecule has 0 atom stereocenters. The van der Waals surface area contributed by atoms with Gasteiger partial charge in [0.15, 0.2) is 10.8 Å². The molecule has 0 amide bonds. The molecule has 0 saturated carbocycles. The zero-order valence-corrected chi connectivity index (χ0v) is 13.5. The second-order valence-corrected chi connectivity index (χ2v) is 6.41. The van der Waals surface area contributed by atoms with E-state index in [1.165, 1.54) is 17.8 Å². The molecule has 2 heterocycles. The molecule has 2 aromatic carbocycles. The standard InChI is InChI=1S/C17H11ClFN3S/c18-13-5-3-6-14(19)12(13)10-23-17-21-20-16-9-8-11-4-1-2-7-15(11)22(16)17/h1-9H,10H2. The minimum Gasteiger partial charge on any atom is -0.270 e. The van der Waals surface area contributed by atoms with Crippen LogP contribution in [0.4, 0.5) is 4.39 Å². The van der Waals surface area contributed by atoms with Crippen LogP contribution in [-0.2, 0) is 5.75 Å². The lowest BCUT2D eigenvalue weighted by molar-refractivity contribution is 0.617. The number of rotatable bonds is 3. The second-order valence-electron chi connectivity index (χ2n) is 5.06. The Morgan fingerprint density at radius 1 is 1.00 bits per heavy atom. The van der Waals surface area contributed by atoms with E-state index in [-0.39, 0.29) is 5.82 Å². The summed E-state index contributed by atoms with van der Waals surface area (Å²) in [5, 5.41) is 10.7. The predicted molar refractivity (Wildman–Crippen MR) is 91.5 cm³/mol. The molecule has 0 aliphatic heterocycles. The van der Waals surface area contributed by atoms with Gasteiger partial charge in [0.2, 0.25) is 0 Å². The second kappa shape index (κ2) is 5.83. The number of benzene rings is 2. The third kappa shape index (κ3) is 2.56. The van der Waals surface area contributed by atoms with Crippen molar-refractivity contribution >= 4 is 39.9 Å². The van der Waals surface area contributed by atoms with E-state index in [1.807, 2.05) is 40.8 Å². The predicted octanol–water partition coefficient (Wildman–Crippen LogP) is 4.97. The van der Waals surface area contributed by atoms with Gasteiger partial charge in [0.05, 0.1) is 5.52 Å². The Morgan fingerprint density at radius 3 is 2.74 bits per heavy atom. The van der Waals surface area contributed by atoms with Gasteiger partial charge in [0, 0.05) is 16.3 Å². The van der Waals surface area contributed by atoms with Crippen LogP contribution < -0.4 is 0 Å². The van der Waals surface area contributed by atoms with Crippen LogP contribution in [0.25, 0.3) is 16.6 Å². The van der Waals surface area contributed by atoms with Crippen molar-refractivity contribution in [3.8, 4) is 0 Å². The summed E-state index contributed by atoms with van der Waals surface area (Å²) < 4.78 is 15.9. The van der Waals surface area contributed by atoms with Crippen molar-refractivity contribution in [2.75, 3.05) is 0 Å². The summed E-state index contributed by atoms with van der Waals surface area (Å²) in [7, 11) is 0. The Balaban J connectivity index is 1.76. The summed E-state index contributed by atoms with van der Waals surface area (Å²) >= 11 is 7.50. The van der Waals surface area contributed by atoms with Gasteiger partial charge in [-0.25, -0.2) is 4.39 Å². The van der Waals surface area contributed by atoms with Gasteiger partial charge in [-0.05, 0) is 35.7 Å². The van der Waals surface area contributed by atoms with E-state index in [1.54, 1.807) is 12.1 Å². The fourth-order valence-electron chi connectivity index (χ4n) is 2.51. The monoisotopic (exact) mass is 343 g/mol. The maximum atomic E-state index is 13.9. The van der Waals surface area contributed by atoms with E-state index in [9.17, 15) is 4.39 Å². The molecule has 2 aromatic heterocycles. The first-order valence-electron chi connectivity index (χ1n) is 7.02. The SMILES string of the molecule is Fc1cccc(Cl)c1CSc1nnc2ccc3ccccc3n12. The fraction of sp³-hybridized carbons (Fsp3) is 0.0588. The smallest absolute Gasteiger partial charge is 0.196 e. The molecule has 0 aliphatic carbocycles. The highest BCUT2D eigenvalue weighted by Gasteiger charge is 2.12. The quantitative estimate of drug-likeness (QED) is 0.492. The molecule has 6 heteroatoms. The lowest BCUT2D eigenvalue weighted by atomic mass is 10.2. The zero-order valence-electron chi connectivity index (χ0n) is 11.9. The summed E-state index contributed by atoms with van der Waals surface area (Å²) in [6.07, 6.45) is 0. The van der Waals surface area contributed by atoms with Crippen molar-refractivity contribution in [3.63, 3.8) is 0 Å². The minimum absolute atomic E-state index is 0.302. The maximum absolute atomic E-state index is 13.9. The van der Waals surface area contributed by atoms with E-state index in [0.29, 0.717) is 16.3 Å². The summed E-state index contributed by atoms with van der Waals surface area (Å²) in [6, 6.07) is 16.7. The van der Waals surface area contributed by atoms with Crippen molar-refractivity contribution in [2.45, 2.75) is 10.9 Å². The number of fused-ring (bicyclic) bond motifs is 3. The molecule has 4 aromatic rings. The van der Waals surface area contributed by atoms with E-state index in [4.69, 9.17) is 11.6 Å². The number of nitrogens with zero attached hydrogens (tertiary/aromatic N) is 3. The van der Waals surface area contributed by atoms with Gasteiger partial charge < -0.3 is 0 Å². The largest absolute Gasteiger partial charge is 0.270 e. The first kappa shape index (κ1) is 14.5. The Morgan fingerprint density at radius 2 is 1.87 bits per heavy atom. The highest BCUT2D eigenvalue weighted by atomic mass is 35.5. The molecule has 0 spiro atoms. The molecule has 114 valence electrons. The molecule has 0 bridgehead atoms. The van der Waals surface area contributed by atoms with Crippen LogP contribution in [0.3, 0.4) is 0 Å². The number of thioether (sulfide) groups is 1. The lowest BCUT2D eigenvalue weighted by Crippen LogP contribution is -1.93. The van der Waals surface area contributed by atoms with Gasteiger partial charge >= 0.3 is 0 Å². The molecule has 0 unspecified atom stereocenters. The molecular weight excluding hydrogens is 333 g/mol. The van der Waals surface area contributed by atoms with Gasteiger partial charge in [-0.1, -0.05) is 47.6 Å². The number of pyridine rings is 1. The molecule has 0 radical (unpaired) electrons. The Hall–Kier alpha value is -2.11. The van der Waals surface area contributed by atoms with Crippen molar-refractivity contribution < 1.29 is 4.39 Å². The normalized spacial score (nSPS) is 11.4. The van der Waals surface area contributed by atoms with Crippen LogP contribution in [0, 0.1) is 5.82 Å². The van der Waals surface area contributed by atoms with Crippen molar-refractivity contribution in [3.05, 3.63) is 71.0 Å². The summed E-state index contributed by atoms with van der Waals surface area (Å²) in [5.41, 5.74) is 2.28. The highest BCUT2D eigenvalue weighted by molar-refractivity contribution is 7.98. The van der Waals surface area contributed by atoms with Crippen molar-refractivity contribution in [1.29, 1.82) is 0 Å². The maximum Gasteiger partial charge on any atom is 0.196 e. The third-order valence-electron chi connectivity index (χ3n) is 3.66. The first-order chi connectivity index (χ1) is 11.2. The van der Waals surface area contributed by atoms with Crippen LogP contribution >= 0.6 is 23.4 Å². The minimum atomic E-state index is -0.302. The third-order valence-corrected chi connectivity index (χ3v) is 4.96. The summed E-state index contributed by atoms with van der Waals surface area (Å²) in [6.45, 7) is 0.